The summed E-state index contributed by atoms with van der Waals surface area (Å²) < 4.78 is 22.8. The molecule has 1 amide bonds. The van der Waals surface area contributed by atoms with Crippen molar-refractivity contribution in [2.75, 3.05) is 26.0 Å². The third-order valence-corrected chi connectivity index (χ3v) is 4.57. The van der Waals surface area contributed by atoms with Gasteiger partial charge < -0.3 is 13.9 Å². The van der Waals surface area contributed by atoms with Gasteiger partial charge in [0.1, 0.15) is 6.29 Å². The van der Waals surface area contributed by atoms with Crippen molar-refractivity contribution in [2.24, 2.45) is 5.92 Å². The van der Waals surface area contributed by atoms with E-state index in [1.54, 1.807) is 19.9 Å². The van der Waals surface area contributed by atoms with Gasteiger partial charge in [-0.25, -0.2) is 0 Å². The Kier molecular flexibility index (Phi) is 6.06. The number of hydrogen-bond donors (Lipinski definition) is 0. The molecule has 0 aromatic carbocycles. The van der Waals surface area contributed by atoms with Gasteiger partial charge in [-0.2, -0.15) is 0 Å². The number of hydrogen-bond acceptors (Lipinski definition) is 4. The van der Waals surface area contributed by atoms with Gasteiger partial charge in [0.05, 0.1) is 13.2 Å². The maximum Gasteiger partial charge on any atom is 0.349 e. The first-order valence-corrected chi connectivity index (χ1v) is 8.07. The van der Waals surface area contributed by atoms with E-state index in [-0.39, 0.29) is 18.1 Å². The van der Waals surface area contributed by atoms with Gasteiger partial charge in [0, 0.05) is 12.5 Å². The third-order valence-electron chi connectivity index (χ3n) is 2.58. The number of carbonyl (C=O) groups excluding carboxylic acids is 1. The van der Waals surface area contributed by atoms with Gasteiger partial charge in [-0.05, 0) is 26.7 Å². The molecule has 104 valence electrons. The van der Waals surface area contributed by atoms with Crippen LogP contribution < -0.4 is 0 Å². The number of amides is 1. The molecular weight excluding hydrogens is 253 g/mol. The second-order valence-electron chi connectivity index (χ2n) is 4.21. The fraction of sp³-hybridized carbons (Fsp3) is 0.750. The lowest BCUT2D eigenvalue weighted by molar-refractivity contribution is -0.131. The molecule has 1 aliphatic rings. The highest BCUT2D eigenvalue weighted by Gasteiger charge is 2.36. The maximum atomic E-state index is 12.4. The average Bonchev–Trinajstić information content (AvgIpc) is 3.12. The highest BCUT2D eigenvalue weighted by Crippen LogP contribution is 2.49. The molecule has 18 heavy (non-hydrogen) atoms. The summed E-state index contributed by atoms with van der Waals surface area (Å²) >= 11 is 0. The third kappa shape index (κ3) is 4.56. The van der Waals surface area contributed by atoms with Gasteiger partial charge in [-0.3, -0.25) is 9.36 Å². The molecule has 0 saturated heterocycles. The summed E-state index contributed by atoms with van der Waals surface area (Å²) in [5, 5.41) is 0. The maximum absolute atomic E-state index is 12.4. The molecule has 0 spiro atoms. The predicted octanol–water partition coefficient (Wildman–Crippen LogP) is 2.63. The highest BCUT2D eigenvalue weighted by atomic mass is 31.2. The molecule has 0 radical (unpaired) electrons. The zero-order valence-corrected chi connectivity index (χ0v) is 12.0. The topological polar surface area (TPSA) is 55.8 Å². The standard InChI is InChI=1S/C12H22NO4P/c1-4-9-13(12(14)11-7-8-11)10-18(15,16-5-2)17-6-3/h4,11H,1,5-10H2,2-3H3. The van der Waals surface area contributed by atoms with E-state index in [2.05, 4.69) is 6.58 Å². The van der Waals surface area contributed by atoms with Crippen LogP contribution in [0, 0.1) is 5.92 Å². The molecule has 0 aromatic rings. The molecule has 0 aliphatic heterocycles. The fourth-order valence-electron chi connectivity index (χ4n) is 1.68. The molecule has 0 N–H and O–H groups in total. The predicted molar refractivity (Wildman–Crippen MR) is 70.4 cm³/mol. The smallest absolute Gasteiger partial charge is 0.327 e. The molecular formula is C12H22NO4P. The summed E-state index contributed by atoms with van der Waals surface area (Å²) in [6.07, 6.45) is 3.47. The van der Waals surface area contributed by atoms with Crippen molar-refractivity contribution in [3.63, 3.8) is 0 Å². The van der Waals surface area contributed by atoms with E-state index in [1.165, 1.54) is 4.90 Å². The molecule has 0 unspecified atom stereocenters. The van der Waals surface area contributed by atoms with Crippen LogP contribution in [0.5, 0.6) is 0 Å². The second-order valence-corrected chi connectivity index (χ2v) is 6.23. The van der Waals surface area contributed by atoms with Crippen LogP contribution in [-0.4, -0.2) is 36.9 Å². The molecule has 6 heteroatoms. The van der Waals surface area contributed by atoms with Crippen molar-refractivity contribution in [1.29, 1.82) is 0 Å². The summed E-state index contributed by atoms with van der Waals surface area (Å²) in [5.74, 6) is 0.108. The molecule has 0 bridgehead atoms. The van der Waals surface area contributed by atoms with Crippen molar-refractivity contribution < 1.29 is 18.4 Å². The molecule has 0 heterocycles. The Morgan fingerprint density at radius 3 is 2.33 bits per heavy atom. The van der Waals surface area contributed by atoms with Crippen LogP contribution >= 0.6 is 7.60 Å². The van der Waals surface area contributed by atoms with E-state index < -0.39 is 7.60 Å². The van der Waals surface area contributed by atoms with Crippen LogP contribution in [0.1, 0.15) is 26.7 Å². The van der Waals surface area contributed by atoms with Crippen molar-refractivity contribution in [2.45, 2.75) is 26.7 Å². The Morgan fingerprint density at radius 2 is 1.94 bits per heavy atom. The summed E-state index contributed by atoms with van der Waals surface area (Å²) in [4.78, 5) is 13.6. The Morgan fingerprint density at radius 1 is 1.39 bits per heavy atom. The monoisotopic (exact) mass is 275 g/mol. The fourth-order valence-corrected chi connectivity index (χ4v) is 3.38. The molecule has 0 aromatic heterocycles. The molecule has 1 aliphatic carbocycles. The summed E-state index contributed by atoms with van der Waals surface area (Å²) in [6, 6.07) is 0. The molecule has 1 fully saturated rings. The molecule has 1 rings (SSSR count). The molecule has 5 nitrogen and oxygen atoms in total. The first-order valence-electron chi connectivity index (χ1n) is 6.34. The van der Waals surface area contributed by atoms with Gasteiger partial charge in [0.25, 0.3) is 0 Å². The minimum Gasteiger partial charge on any atom is -0.327 e. The lowest BCUT2D eigenvalue weighted by Gasteiger charge is -2.26. The minimum absolute atomic E-state index is 0.00995. The van der Waals surface area contributed by atoms with Crippen LogP contribution in [0.4, 0.5) is 0 Å². The van der Waals surface area contributed by atoms with Crippen molar-refractivity contribution in [3.8, 4) is 0 Å². The zero-order chi connectivity index (χ0) is 13.6. The van der Waals surface area contributed by atoms with Gasteiger partial charge >= 0.3 is 7.60 Å². The number of carbonyl (C=O) groups is 1. The van der Waals surface area contributed by atoms with Crippen LogP contribution in [-0.2, 0) is 18.4 Å². The highest BCUT2D eigenvalue weighted by molar-refractivity contribution is 7.53. The normalized spacial score (nSPS) is 15.4. The van der Waals surface area contributed by atoms with E-state index in [0.717, 1.165) is 12.8 Å². The summed E-state index contributed by atoms with van der Waals surface area (Å²) in [7, 11) is -3.21. The lowest BCUT2D eigenvalue weighted by atomic mass is 10.3. The van der Waals surface area contributed by atoms with E-state index in [0.29, 0.717) is 19.8 Å². The first kappa shape index (κ1) is 15.4. The van der Waals surface area contributed by atoms with Gasteiger partial charge in [0.2, 0.25) is 5.91 Å². The molecule has 1 saturated carbocycles. The van der Waals surface area contributed by atoms with Gasteiger partial charge in [0.15, 0.2) is 0 Å². The quantitative estimate of drug-likeness (QED) is 0.479. The Labute approximate surface area is 109 Å². The SMILES string of the molecule is C=CCN(CP(=O)(OCC)OCC)C(=O)C1CC1. The number of nitrogens with zero attached hydrogens (tertiary/aromatic N) is 1. The van der Waals surface area contributed by atoms with E-state index >= 15 is 0 Å². The van der Waals surface area contributed by atoms with Gasteiger partial charge in [-0.15, -0.1) is 6.58 Å². The van der Waals surface area contributed by atoms with E-state index in [4.69, 9.17) is 9.05 Å². The summed E-state index contributed by atoms with van der Waals surface area (Å²) in [6.45, 7) is 8.11. The van der Waals surface area contributed by atoms with Crippen molar-refractivity contribution in [1.82, 2.24) is 4.90 Å². The lowest BCUT2D eigenvalue weighted by Crippen LogP contribution is -2.34. The minimum atomic E-state index is -3.21. The second kappa shape index (κ2) is 7.07. The van der Waals surface area contributed by atoms with Crippen LogP contribution in [0.25, 0.3) is 0 Å². The Balaban J connectivity index is 2.69. The number of rotatable bonds is 9. The largest absolute Gasteiger partial charge is 0.349 e. The molecule has 0 atom stereocenters. The Bertz CT molecular complexity index is 331. The van der Waals surface area contributed by atoms with Crippen LogP contribution in [0.2, 0.25) is 0 Å². The van der Waals surface area contributed by atoms with Crippen LogP contribution in [0.15, 0.2) is 12.7 Å². The average molecular weight is 275 g/mol. The van der Waals surface area contributed by atoms with E-state index in [1.807, 2.05) is 0 Å². The van der Waals surface area contributed by atoms with Crippen molar-refractivity contribution in [3.05, 3.63) is 12.7 Å². The summed E-state index contributed by atoms with van der Waals surface area (Å²) in [5.41, 5.74) is 0. The van der Waals surface area contributed by atoms with Crippen LogP contribution in [0.3, 0.4) is 0 Å². The van der Waals surface area contributed by atoms with Gasteiger partial charge in [-0.1, -0.05) is 6.08 Å². The van der Waals surface area contributed by atoms with Crippen molar-refractivity contribution >= 4 is 13.5 Å². The Hall–Kier alpha value is -0.640. The zero-order valence-electron chi connectivity index (χ0n) is 11.1. The van der Waals surface area contributed by atoms with E-state index in [9.17, 15) is 9.36 Å². The first-order chi connectivity index (χ1) is 8.56.